The molecule has 1 saturated heterocycles. The minimum atomic E-state index is -0.469. The van der Waals surface area contributed by atoms with Crippen molar-refractivity contribution < 1.29 is 9.31 Å². The molecular weight excluding hydrogens is 283 g/mol. The Morgan fingerprint density at radius 2 is 1.26 bits per heavy atom. The molecule has 0 atom stereocenters. The minimum absolute atomic E-state index is 0.469. The molecule has 0 saturated carbocycles. The molecule has 5 rings (SSSR count). The van der Waals surface area contributed by atoms with Crippen molar-refractivity contribution in [2.45, 2.75) is 0 Å². The van der Waals surface area contributed by atoms with E-state index in [4.69, 9.17) is 9.31 Å². The lowest BCUT2D eigenvalue weighted by Gasteiger charge is -2.10. The SMILES string of the molecule is C=C1OB(c2ccc3c4c(cccc24)-c2ccccc2-3)OC1=C. The molecule has 3 heteroatoms. The number of benzene rings is 3. The molecule has 3 aromatic rings. The molecule has 0 amide bonds. The van der Waals surface area contributed by atoms with Gasteiger partial charge in [-0.1, -0.05) is 67.8 Å². The van der Waals surface area contributed by atoms with Crippen LogP contribution >= 0.6 is 0 Å². The van der Waals surface area contributed by atoms with Crippen LogP contribution in [0.2, 0.25) is 0 Å². The number of hydrogen-bond acceptors (Lipinski definition) is 2. The third-order valence-corrected chi connectivity index (χ3v) is 4.65. The van der Waals surface area contributed by atoms with Crippen molar-refractivity contribution in [1.29, 1.82) is 0 Å². The maximum Gasteiger partial charge on any atom is 0.633 e. The summed E-state index contributed by atoms with van der Waals surface area (Å²) < 4.78 is 11.5. The second-order valence-corrected chi connectivity index (χ2v) is 5.89. The Morgan fingerprint density at radius 1 is 0.652 bits per heavy atom. The standard InChI is InChI=1S/C20H13BO2/c1-12-13(2)23-21(22-12)19-11-10-17-15-7-4-3-6-14(15)16-8-5-9-18(19)20(16)17/h3-11H,1-2H2. The van der Waals surface area contributed by atoms with Crippen molar-refractivity contribution in [2.24, 2.45) is 0 Å². The molecule has 1 fully saturated rings. The van der Waals surface area contributed by atoms with Gasteiger partial charge in [0.1, 0.15) is 11.5 Å². The maximum atomic E-state index is 5.73. The van der Waals surface area contributed by atoms with Gasteiger partial charge in [0.15, 0.2) is 0 Å². The quantitative estimate of drug-likeness (QED) is 0.489. The van der Waals surface area contributed by atoms with Crippen LogP contribution in [0.5, 0.6) is 0 Å². The summed E-state index contributed by atoms with van der Waals surface area (Å²) in [4.78, 5) is 0. The van der Waals surface area contributed by atoms with E-state index >= 15 is 0 Å². The highest BCUT2D eigenvalue weighted by atomic mass is 16.6. The van der Waals surface area contributed by atoms with E-state index in [0.717, 1.165) is 10.8 Å². The van der Waals surface area contributed by atoms with Crippen LogP contribution in [0.3, 0.4) is 0 Å². The molecule has 1 aliphatic heterocycles. The molecule has 108 valence electrons. The molecule has 3 aromatic carbocycles. The summed E-state index contributed by atoms with van der Waals surface area (Å²) in [6.07, 6.45) is 0. The van der Waals surface area contributed by atoms with E-state index in [1.165, 1.54) is 27.6 Å². The van der Waals surface area contributed by atoms with E-state index in [9.17, 15) is 0 Å². The molecule has 1 aliphatic carbocycles. The summed E-state index contributed by atoms with van der Waals surface area (Å²) in [7, 11) is -0.469. The van der Waals surface area contributed by atoms with Crippen LogP contribution in [0.25, 0.3) is 33.0 Å². The fourth-order valence-corrected chi connectivity index (χ4v) is 3.58. The van der Waals surface area contributed by atoms with Gasteiger partial charge >= 0.3 is 7.12 Å². The fraction of sp³-hybridized carbons (Fsp3) is 0. The molecule has 23 heavy (non-hydrogen) atoms. The average Bonchev–Trinajstić information content (AvgIpc) is 3.08. The third-order valence-electron chi connectivity index (χ3n) is 4.65. The largest absolute Gasteiger partial charge is 0.633 e. The number of fused-ring (bicyclic) bond motifs is 3. The molecule has 2 nitrogen and oxygen atoms in total. The first-order valence-electron chi connectivity index (χ1n) is 7.61. The highest BCUT2D eigenvalue weighted by Gasteiger charge is 2.37. The van der Waals surface area contributed by atoms with Crippen LogP contribution in [0.1, 0.15) is 0 Å². The third kappa shape index (κ3) is 1.59. The minimum Gasteiger partial charge on any atom is -0.520 e. The summed E-state index contributed by atoms with van der Waals surface area (Å²) >= 11 is 0. The molecule has 0 unspecified atom stereocenters. The predicted octanol–water partition coefficient (Wildman–Crippen LogP) is 4.26. The van der Waals surface area contributed by atoms with E-state index in [1.807, 2.05) is 0 Å². The van der Waals surface area contributed by atoms with E-state index in [0.29, 0.717) is 11.5 Å². The van der Waals surface area contributed by atoms with Crippen LogP contribution in [0, 0.1) is 0 Å². The van der Waals surface area contributed by atoms with Gasteiger partial charge in [-0.15, -0.1) is 0 Å². The lowest BCUT2D eigenvalue weighted by atomic mass is 9.75. The van der Waals surface area contributed by atoms with Gasteiger partial charge in [-0.05, 0) is 33.0 Å². The van der Waals surface area contributed by atoms with E-state index in [2.05, 4.69) is 67.8 Å². The summed E-state index contributed by atoms with van der Waals surface area (Å²) in [6.45, 7) is 7.65. The van der Waals surface area contributed by atoms with Crippen molar-refractivity contribution >= 4 is 23.4 Å². The number of rotatable bonds is 1. The first kappa shape index (κ1) is 12.6. The second kappa shape index (κ2) is 4.29. The zero-order valence-corrected chi connectivity index (χ0v) is 12.5. The lowest BCUT2D eigenvalue weighted by molar-refractivity contribution is 0.431. The highest BCUT2D eigenvalue weighted by molar-refractivity contribution is 6.66. The molecular formula is C20H13BO2. The maximum absolute atomic E-state index is 5.73. The first-order chi connectivity index (χ1) is 11.2. The normalized spacial score (nSPS) is 14.9. The Bertz CT molecular complexity index is 974. The average molecular weight is 296 g/mol. The van der Waals surface area contributed by atoms with Crippen LogP contribution < -0.4 is 5.46 Å². The van der Waals surface area contributed by atoms with Crippen LogP contribution in [0.15, 0.2) is 79.3 Å². The topological polar surface area (TPSA) is 18.5 Å². The molecule has 0 radical (unpaired) electrons. The summed E-state index contributed by atoms with van der Waals surface area (Å²) in [5.41, 5.74) is 6.12. The van der Waals surface area contributed by atoms with Gasteiger partial charge in [0.2, 0.25) is 0 Å². The Morgan fingerprint density at radius 3 is 1.96 bits per heavy atom. The number of hydrogen-bond donors (Lipinski definition) is 0. The predicted molar refractivity (Wildman–Crippen MR) is 94.2 cm³/mol. The first-order valence-corrected chi connectivity index (χ1v) is 7.61. The van der Waals surface area contributed by atoms with Gasteiger partial charge in [-0.25, -0.2) is 0 Å². The molecule has 2 aliphatic rings. The van der Waals surface area contributed by atoms with Crippen LogP contribution in [-0.4, -0.2) is 7.12 Å². The van der Waals surface area contributed by atoms with Gasteiger partial charge in [-0.3, -0.25) is 0 Å². The van der Waals surface area contributed by atoms with Crippen LogP contribution in [0.4, 0.5) is 0 Å². The van der Waals surface area contributed by atoms with Crippen molar-refractivity contribution in [1.82, 2.24) is 0 Å². The van der Waals surface area contributed by atoms with Gasteiger partial charge in [0, 0.05) is 5.46 Å². The van der Waals surface area contributed by atoms with Gasteiger partial charge in [-0.2, -0.15) is 0 Å². The van der Waals surface area contributed by atoms with E-state index < -0.39 is 7.12 Å². The second-order valence-electron chi connectivity index (χ2n) is 5.89. The molecule has 0 bridgehead atoms. The van der Waals surface area contributed by atoms with Crippen LogP contribution in [-0.2, 0) is 9.31 Å². The van der Waals surface area contributed by atoms with Crippen molar-refractivity contribution in [3.05, 3.63) is 79.3 Å². The van der Waals surface area contributed by atoms with Gasteiger partial charge in [0.05, 0.1) is 0 Å². The Kier molecular flexibility index (Phi) is 2.35. The highest BCUT2D eigenvalue weighted by Crippen LogP contribution is 2.46. The lowest BCUT2D eigenvalue weighted by Crippen LogP contribution is -2.31. The zero-order chi connectivity index (χ0) is 15.6. The van der Waals surface area contributed by atoms with Gasteiger partial charge < -0.3 is 9.31 Å². The van der Waals surface area contributed by atoms with E-state index in [-0.39, 0.29) is 0 Å². The van der Waals surface area contributed by atoms with Crippen molar-refractivity contribution in [2.75, 3.05) is 0 Å². The summed E-state index contributed by atoms with van der Waals surface area (Å²) in [5, 5.41) is 2.42. The van der Waals surface area contributed by atoms with E-state index in [1.54, 1.807) is 0 Å². The van der Waals surface area contributed by atoms with Crippen molar-refractivity contribution in [3.8, 4) is 22.3 Å². The summed E-state index contributed by atoms with van der Waals surface area (Å²) in [6, 6.07) is 19.2. The smallest absolute Gasteiger partial charge is 0.520 e. The Balaban J connectivity index is 1.79. The molecule has 0 aromatic heterocycles. The fourth-order valence-electron chi connectivity index (χ4n) is 3.58. The molecule has 0 spiro atoms. The zero-order valence-electron chi connectivity index (χ0n) is 12.5. The molecule has 0 N–H and O–H groups in total. The molecule has 1 heterocycles. The monoisotopic (exact) mass is 296 g/mol. The summed E-state index contributed by atoms with van der Waals surface area (Å²) in [5.74, 6) is 1.00. The van der Waals surface area contributed by atoms with Gasteiger partial charge in [0.25, 0.3) is 0 Å². The van der Waals surface area contributed by atoms with Crippen molar-refractivity contribution in [3.63, 3.8) is 0 Å². The Labute approximate surface area is 134 Å². The Hall–Kier alpha value is -2.94.